The number of hydrogen-bond donors (Lipinski definition) is 0. The van der Waals surface area contributed by atoms with E-state index in [1.165, 1.54) is 5.56 Å². The summed E-state index contributed by atoms with van der Waals surface area (Å²) in [4.78, 5) is 17.4. The largest absolute Gasteiger partial charge is 0.422 e. The smallest absolute Gasteiger partial charge is 0.343 e. The second-order valence-electron chi connectivity index (χ2n) is 7.14. The molecule has 30 heavy (non-hydrogen) atoms. The van der Waals surface area contributed by atoms with E-state index in [2.05, 4.69) is 18.0 Å². The minimum absolute atomic E-state index is 0.435. The molecule has 4 rings (SSSR count). The fourth-order valence-corrected chi connectivity index (χ4v) is 3.45. The molecule has 0 spiro atoms. The molecule has 0 N–H and O–H groups in total. The second-order valence-corrected chi connectivity index (χ2v) is 7.58. The highest BCUT2D eigenvalue weighted by Gasteiger charge is 2.13. The van der Waals surface area contributed by atoms with Gasteiger partial charge in [0.25, 0.3) is 0 Å². The van der Waals surface area contributed by atoms with Crippen molar-refractivity contribution < 1.29 is 9.53 Å². The Labute approximate surface area is 180 Å². The lowest BCUT2D eigenvalue weighted by atomic mass is 10.0. The average Bonchev–Trinajstić information content (AvgIpc) is 2.74. The van der Waals surface area contributed by atoms with Crippen molar-refractivity contribution in [2.75, 3.05) is 0 Å². The summed E-state index contributed by atoms with van der Waals surface area (Å²) in [6, 6.07) is 24.5. The number of hydrogen-bond acceptors (Lipinski definition) is 3. The molecule has 0 radical (unpaired) electrons. The van der Waals surface area contributed by atoms with Crippen molar-refractivity contribution in [2.45, 2.75) is 13.8 Å². The standard InChI is InChI=1S/C26H20ClNO2/c1-17-7-13-24(18(2)15-17)28-16-23-22-6-4-3-5-19(22)10-14-25(23)30-26(29)20-8-11-21(27)12-9-20/h3-16H,1-2H3. The monoisotopic (exact) mass is 413 g/mol. The molecular formula is C26H20ClNO2. The van der Waals surface area contributed by atoms with Gasteiger partial charge in [-0.15, -0.1) is 0 Å². The number of fused-ring (bicyclic) bond motifs is 1. The van der Waals surface area contributed by atoms with Gasteiger partial charge in [0, 0.05) is 16.8 Å². The first-order chi connectivity index (χ1) is 14.5. The molecule has 0 aromatic heterocycles. The van der Waals surface area contributed by atoms with Crippen LogP contribution < -0.4 is 4.74 Å². The Morgan fingerprint density at radius 3 is 2.47 bits per heavy atom. The van der Waals surface area contributed by atoms with E-state index in [1.807, 2.05) is 49.4 Å². The number of nitrogens with zero attached hydrogens (tertiary/aromatic N) is 1. The summed E-state index contributed by atoms with van der Waals surface area (Å²) in [7, 11) is 0. The summed E-state index contributed by atoms with van der Waals surface area (Å²) in [5, 5.41) is 2.58. The maximum atomic E-state index is 12.7. The topological polar surface area (TPSA) is 38.7 Å². The number of rotatable bonds is 4. The van der Waals surface area contributed by atoms with E-state index in [1.54, 1.807) is 36.5 Å². The van der Waals surface area contributed by atoms with Gasteiger partial charge in [0.05, 0.1) is 11.3 Å². The van der Waals surface area contributed by atoms with Crippen LogP contribution in [0.2, 0.25) is 5.02 Å². The quantitative estimate of drug-likeness (QED) is 0.203. The molecule has 4 aromatic carbocycles. The Kier molecular flexibility index (Phi) is 5.64. The molecule has 0 saturated heterocycles. The number of benzene rings is 4. The van der Waals surface area contributed by atoms with Crippen molar-refractivity contribution in [1.82, 2.24) is 0 Å². The molecule has 0 bridgehead atoms. The first kappa shape index (κ1) is 19.9. The van der Waals surface area contributed by atoms with Gasteiger partial charge >= 0.3 is 5.97 Å². The highest BCUT2D eigenvalue weighted by Crippen LogP contribution is 2.29. The first-order valence-corrected chi connectivity index (χ1v) is 10.00. The third kappa shape index (κ3) is 4.27. The Morgan fingerprint density at radius 1 is 0.933 bits per heavy atom. The van der Waals surface area contributed by atoms with Gasteiger partial charge in [-0.1, -0.05) is 59.6 Å². The van der Waals surface area contributed by atoms with Gasteiger partial charge in [-0.05, 0) is 66.6 Å². The van der Waals surface area contributed by atoms with Crippen molar-refractivity contribution in [1.29, 1.82) is 0 Å². The number of aliphatic imine (C=N–C) groups is 1. The van der Waals surface area contributed by atoms with E-state index in [0.717, 1.165) is 27.6 Å². The molecule has 0 fully saturated rings. The zero-order valence-corrected chi connectivity index (χ0v) is 17.5. The third-order valence-corrected chi connectivity index (χ3v) is 5.15. The second kappa shape index (κ2) is 8.52. The van der Waals surface area contributed by atoms with Crippen molar-refractivity contribution in [3.63, 3.8) is 0 Å². The van der Waals surface area contributed by atoms with Crippen LogP contribution in [0.15, 0.2) is 83.9 Å². The maximum absolute atomic E-state index is 12.7. The van der Waals surface area contributed by atoms with Gasteiger partial charge in [-0.3, -0.25) is 4.99 Å². The number of carbonyl (C=O) groups is 1. The number of aryl methyl sites for hydroxylation is 2. The van der Waals surface area contributed by atoms with Gasteiger partial charge in [0.1, 0.15) is 5.75 Å². The van der Waals surface area contributed by atoms with E-state index >= 15 is 0 Å². The van der Waals surface area contributed by atoms with Crippen molar-refractivity contribution in [2.24, 2.45) is 4.99 Å². The number of ether oxygens (including phenoxy) is 1. The van der Waals surface area contributed by atoms with Crippen LogP contribution >= 0.6 is 11.6 Å². The van der Waals surface area contributed by atoms with E-state index in [0.29, 0.717) is 16.3 Å². The van der Waals surface area contributed by atoms with Crippen molar-refractivity contribution in [3.8, 4) is 5.75 Å². The van der Waals surface area contributed by atoms with E-state index < -0.39 is 5.97 Å². The van der Waals surface area contributed by atoms with E-state index in [-0.39, 0.29) is 0 Å². The van der Waals surface area contributed by atoms with Crippen LogP contribution in [0.4, 0.5) is 5.69 Å². The maximum Gasteiger partial charge on any atom is 0.343 e. The molecule has 4 heteroatoms. The molecule has 4 aromatic rings. The molecule has 0 aliphatic rings. The van der Waals surface area contributed by atoms with E-state index in [9.17, 15) is 4.79 Å². The van der Waals surface area contributed by atoms with Crippen LogP contribution in [0, 0.1) is 13.8 Å². The molecular weight excluding hydrogens is 394 g/mol. The van der Waals surface area contributed by atoms with Crippen LogP contribution in [-0.2, 0) is 0 Å². The molecule has 0 amide bonds. The molecule has 0 aliphatic heterocycles. The van der Waals surface area contributed by atoms with Crippen LogP contribution in [0.25, 0.3) is 10.8 Å². The molecule has 148 valence electrons. The summed E-state index contributed by atoms with van der Waals surface area (Å²) in [5.41, 5.74) is 4.35. The highest BCUT2D eigenvalue weighted by molar-refractivity contribution is 6.30. The molecule has 0 unspecified atom stereocenters. The lowest BCUT2D eigenvalue weighted by Crippen LogP contribution is -2.09. The number of esters is 1. The third-order valence-electron chi connectivity index (χ3n) is 4.90. The lowest BCUT2D eigenvalue weighted by molar-refractivity contribution is 0.0735. The first-order valence-electron chi connectivity index (χ1n) is 9.62. The molecule has 0 heterocycles. The van der Waals surface area contributed by atoms with Crippen LogP contribution in [0.1, 0.15) is 27.0 Å². The van der Waals surface area contributed by atoms with Crippen LogP contribution in [0.5, 0.6) is 5.75 Å². The lowest BCUT2D eigenvalue weighted by Gasteiger charge is -2.11. The van der Waals surface area contributed by atoms with Crippen LogP contribution in [0.3, 0.4) is 0 Å². The Bertz CT molecular complexity index is 1260. The number of carbonyl (C=O) groups excluding carboxylic acids is 1. The molecule has 0 aliphatic carbocycles. The Hall–Kier alpha value is -3.43. The van der Waals surface area contributed by atoms with Crippen molar-refractivity contribution >= 4 is 40.2 Å². The fourth-order valence-electron chi connectivity index (χ4n) is 3.33. The van der Waals surface area contributed by atoms with E-state index in [4.69, 9.17) is 16.3 Å². The normalized spacial score (nSPS) is 11.2. The van der Waals surface area contributed by atoms with Crippen molar-refractivity contribution in [3.05, 3.63) is 106 Å². The zero-order chi connectivity index (χ0) is 21.1. The fraction of sp³-hybridized carbons (Fsp3) is 0.0769. The van der Waals surface area contributed by atoms with Gasteiger partial charge in [0.2, 0.25) is 0 Å². The van der Waals surface area contributed by atoms with Gasteiger partial charge in [-0.25, -0.2) is 4.79 Å². The Balaban J connectivity index is 1.75. The molecule has 3 nitrogen and oxygen atoms in total. The summed E-state index contributed by atoms with van der Waals surface area (Å²) in [6.07, 6.45) is 1.77. The summed E-state index contributed by atoms with van der Waals surface area (Å²) in [5.74, 6) is 0.0188. The summed E-state index contributed by atoms with van der Waals surface area (Å²) < 4.78 is 5.74. The van der Waals surface area contributed by atoms with Gasteiger partial charge < -0.3 is 4.74 Å². The summed E-state index contributed by atoms with van der Waals surface area (Å²) in [6.45, 7) is 4.09. The minimum Gasteiger partial charge on any atom is -0.422 e. The summed E-state index contributed by atoms with van der Waals surface area (Å²) >= 11 is 5.92. The number of halogens is 1. The predicted octanol–water partition coefficient (Wildman–Crippen LogP) is 7.08. The Morgan fingerprint density at radius 2 is 1.70 bits per heavy atom. The predicted molar refractivity (Wildman–Crippen MR) is 124 cm³/mol. The highest BCUT2D eigenvalue weighted by atomic mass is 35.5. The van der Waals surface area contributed by atoms with Gasteiger partial charge in [-0.2, -0.15) is 0 Å². The van der Waals surface area contributed by atoms with Crippen LogP contribution in [-0.4, -0.2) is 12.2 Å². The zero-order valence-electron chi connectivity index (χ0n) is 16.7. The SMILES string of the molecule is Cc1ccc(N=Cc2c(OC(=O)c3ccc(Cl)cc3)ccc3ccccc23)c(C)c1. The minimum atomic E-state index is -0.442. The molecule has 0 saturated carbocycles. The molecule has 0 atom stereocenters. The van der Waals surface area contributed by atoms with Gasteiger partial charge in [0.15, 0.2) is 0 Å². The average molecular weight is 414 g/mol.